The number of para-hydroxylation sites is 1. The van der Waals surface area contributed by atoms with Crippen LogP contribution in [0, 0.1) is 0 Å². The Hall–Kier alpha value is -2.17. The van der Waals surface area contributed by atoms with E-state index < -0.39 is 0 Å². The molecule has 106 valence electrons. The van der Waals surface area contributed by atoms with Crippen LogP contribution in [-0.2, 0) is 6.54 Å². The first kappa shape index (κ1) is 13.8. The van der Waals surface area contributed by atoms with Crippen molar-refractivity contribution < 1.29 is 0 Å². The normalized spacial score (nSPS) is 10.8. The van der Waals surface area contributed by atoms with E-state index >= 15 is 0 Å². The SMILES string of the molecule is CNCc1cc(Cl)ccc1-c1cnnn1-c1ccccc1. The molecule has 0 amide bonds. The number of hydrogen-bond donors (Lipinski definition) is 1. The molecule has 0 saturated carbocycles. The average molecular weight is 299 g/mol. The summed E-state index contributed by atoms with van der Waals surface area (Å²) >= 11 is 6.10. The Morgan fingerprint density at radius 3 is 2.71 bits per heavy atom. The third kappa shape index (κ3) is 2.82. The quantitative estimate of drug-likeness (QED) is 0.803. The van der Waals surface area contributed by atoms with E-state index in [1.807, 2.05) is 60.3 Å². The molecule has 0 unspecified atom stereocenters. The van der Waals surface area contributed by atoms with E-state index in [1.165, 1.54) is 0 Å². The van der Waals surface area contributed by atoms with Crippen LogP contribution in [0.3, 0.4) is 0 Å². The lowest BCUT2D eigenvalue weighted by atomic mass is 10.0. The number of halogens is 1. The molecule has 3 rings (SSSR count). The molecule has 5 heteroatoms. The van der Waals surface area contributed by atoms with Crippen molar-refractivity contribution in [3.8, 4) is 16.9 Å². The smallest absolute Gasteiger partial charge is 0.0947 e. The molecule has 21 heavy (non-hydrogen) atoms. The van der Waals surface area contributed by atoms with E-state index in [4.69, 9.17) is 11.6 Å². The van der Waals surface area contributed by atoms with Crippen molar-refractivity contribution in [2.45, 2.75) is 6.54 Å². The average Bonchev–Trinajstić information content (AvgIpc) is 2.98. The molecule has 4 nitrogen and oxygen atoms in total. The van der Waals surface area contributed by atoms with Gasteiger partial charge in [0.25, 0.3) is 0 Å². The molecule has 1 heterocycles. The molecule has 1 aromatic heterocycles. The van der Waals surface area contributed by atoms with Crippen molar-refractivity contribution in [1.82, 2.24) is 20.3 Å². The first-order valence-electron chi connectivity index (χ1n) is 6.69. The summed E-state index contributed by atoms with van der Waals surface area (Å²) in [4.78, 5) is 0. The molecule has 3 aromatic rings. The Morgan fingerprint density at radius 2 is 1.95 bits per heavy atom. The number of nitrogens with one attached hydrogen (secondary N) is 1. The lowest BCUT2D eigenvalue weighted by molar-refractivity contribution is 0.799. The molecule has 2 aromatic carbocycles. The second kappa shape index (κ2) is 6.08. The summed E-state index contributed by atoms with van der Waals surface area (Å²) in [6.45, 7) is 0.732. The topological polar surface area (TPSA) is 42.7 Å². The standard InChI is InChI=1S/C16H15ClN4/c1-18-10-12-9-13(17)7-8-15(12)16-11-19-20-21(16)14-5-3-2-4-6-14/h2-9,11,18H,10H2,1H3. The predicted molar refractivity (Wildman–Crippen MR) is 84.6 cm³/mol. The maximum Gasteiger partial charge on any atom is 0.0947 e. The fourth-order valence-corrected chi connectivity index (χ4v) is 2.52. The Balaban J connectivity index is 2.12. The fraction of sp³-hybridized carbons (Fsp3) is 0.125. The predicted octanol–water partition coefficient (Wildman–Crippen LogP) is 3.31. The van der Waals surface area contributed by atoms with Crippen LogP contribution in [0.5, 0.6) is 0 Å². The van der Waals surface area contributed by atoms with E-state index in [-0.39, 0.29) is 0 Å². The van der Waals surface area contributed by atoms with Crippen LogP contribution in [0.15, 0.2) is 54.7 Å². The number of hydrogen-bond acceptors (Lipinski definition) is 3. The minimum atomic E-state index is 0.725. The monoisotopic (exact) mass is 298 g/mol. The fourth-order valence-electron chi connectivity index (χ4n) is 2.33. The van der Waals surface area contributed by atoms with Gasteiger partial charge >= 0.3 is 0 Å². The Morgan fingerprint density at radius 1 is 1.14 bits per heavy atom. The second-order valence-electron chi connectivity index (χ2n) is 4.70. The largest absolute Gasteiger partial charge is 0.316 e. The van der Waals surface area contributed by atoms with Gasteiger partial charge in [-0.3, -0.25) is 0 Å². The van der Waals surface area contributed by atoms with Gasteiger partial charge in [-0.05, 0) is 36.9 Å². The summed E-state index contributed by atoms with van der Waals surface area (Å²) in [7, 11) is 1.91. The highest BCUT2D eigenvalue weighted by Gasteiger charge is 2.12. The van der Waals surface area contributed by atoms with Gasteiger partial charge in [0.05, 0.1) is 17.6 Å². The number of nitrogens with zero attached hydrogens (tertiary/aromatic N) is 3. The number of benzene rings is 2. The van der Waals surface area contributed by atoms with E-state index in [1.54, 1.807) is 6.20 Å². The van der Waals surface area contributed by atoms with Crippen molar-refractivity contribution in [2.24, 2.45) is 0 Å². The second-order valence-corrected chi connectivity index (χ2v) is 5.13. The third-order valence-electron chi connectivity index (χ3n) is 3.26. The van der Waals surface area contributed by atoms with E-state index in [0.717, 1.165) is 34.1 Å². The molecule has 1 N–H and O–H groups in total. The van der Waals surface area contributed by atoms with E-state index in [0.29, 0.717) is 0 Å². The molecular weight excluding hydrogens is 284 g/mol. The minimum Gasteiger partial charge on any atom is -0.316 e. The molecular formula is C16H15ClN4. The van der Waals surface area contributed by atoms with E-state index in [9.17, 15) is 0 Å². The van der Waals surface area contributed by atoms with Gasteiger partial charge in [0, 0.05) is 17.1 Å². The van der Waals surface area contributed by atoms with Crippen LogP contribution in [0.25, 0.3) is 16.9 Å². The summed E-state index contributed by atoms with van der Waals surface area (Å²) in [5, 5.41) is 12.1. The maximum absolute atomic E-state index is 6.10. The molecule has 0 spiro atoms. The van der Waals surface area contributed by atoms with Gasteiger partial charge in [-0.1, -0.05) is 41.1 Å². The maximum atomic E-state index is 6.10. The van der Waals surface area contributed by atoms with Gasteiger partial charge in [-0.2, -0.15) is 0 Å². The summed E-state index contributed by atoms with van der Waals surface area (Å²) < 4.78 is 1.84. The van der Waals surface area contributed by atoms with Crippen LogP contribution >= 0.6 is 11.6 Å². The molecule has 0 aliphatic heterocycles. The molecule has 0 radical (unpaired) electrons. The van der Waals surface area contributed by atoms with Gasteiger partial charge in [-0.25, -0.2) is 4.68 Å². The molecule has 0 aliphatic carbocycles. The molecule has 0 bridgehead atoms. The Bertz CT molecular complexity index is 737. The van der Waals surface area contributed by atoms with Crippen LogP contribution in [0.4, 0.5) is 0 Å². The van der Waals surface area contributed by atoms with Crippen molar-refractivity contribution >= 4 is 11.6 Å². The van der Waals surface area contributed by atoms with Crippen molar-refractivity contribution in [2.75, 3.05) is 7.05 Å². The van der Waals surface area contributed by atoms with Gasteiger partial charge in [-0.15, -0.1) is 5.10 Å². The van der Waals surface area contributed by atoms with Crippen molar-refractivity contribution in [3.05, 3.63) is 65.3 Å². The first-order valence-corrected chi connectivity index (χ1v) is 7.07. The summed E-state index contributed by atoms with van der Waals surface area (Å²) in [6.07, 6.45) is 1.77. The minimum absolute atomic E-state index is 0.725. The summed E-state index contributed by atoms with van der Waals surface area (Å²) in [6, 6.07) is 15.8. The highest BCUT2D eigenvalue weighted by molar-refractivity contribution is 6.30. The zero-order valence-electron chi connectivity index (χ0n) is 11.6. The highest BCUT2D eigenvalue weighted by atomic mass is 35.5. The van der Waals surface area contributed by atoms with Crippen LogP contribution in [0.1, 0.15) is 5.56 Å². The Labute approximate surface area is 128 Å². The molecule has 0 aliphatic rings. The number of rotatable bonds is 4. The first-order chi connectivity index (χ1) is 10.3. The van der Waals surface area contributed by atoms with Crippen molar-refractivity contribution in [1.29, 1.82) is 0 Å². The van der Waals surface area contributed by atoms with Gasteiger partial charge < -0.3 is 5.32 Å². The van der Waals surface area contributed by atoms with Crippen LogP contribution in [0.2, 0.25) is 5.02 Å². The third-order valence-corrected chi connectivity index (χ3v) is 3.50. The molecule has 0 atom stereocenters. The van der Waals surface area contributed by atoms with E-state index in [2.05, 4.69) is 15.6 Å². The highest BCUT2D eigenvalue weighted by Crippen LogP contribution is 2.27. The zero-order chi connectivity index (χ0) is 14.7. The van der Waals surface area contributed by atoms with Gasteiger partial charge in [0.2, 0.25) is 0 Å². The van der Waals surface area contributed by atoms with Gasteiger partial charge in [0.15, 0.2) is 0 Å². The Kier molecular flexibility index (Phi) is 3.99. The molecule has 0 fully saturated rings. The summed E-state index contributed by atoms with van der Waals surface area (Å²) in [5.74, 6) is 0. The number of aromatic nitrogens is 3. The van der Waals surface area contributed by atoms with Gasteiger partial charge in [0.1, 0.15) is 0 Å². The zero-order valence-corrected chi connectivity index (χ0v) is 12.4. The van der Waals surface area contributed by atoms with Crippen LogP contribution < -0.4 is 5.32 Å². The van der Waals surface area contributed by atoms with Crippen molar-refractivity contribution in [3.63, 3.8) is 0 Å². The molecule has 0 saturated heterocycles. The lowest BCUT2D eigenvalue weighted by Crippen LogP contribution is -2.08. The lowest BCUT2D eigenvalue weighted by Gasteiger charge is -2.11. The summed E-state index contributed by atoms with van der Waals surface area (Å²) in [5.41, 5.74) is 4.12. The van der Waals surface area contributed by atoms with Crippen LogP contribution in [-0.4, -0.2) is 22.0 Å².